The second-order valence-electron chi connectivity index (χ2n) is 7.44. The van der Waals surface area contributed by atoms with Crippen LogP contribution >= 0.6 is 0 Å². The monoisotopic (exact) mass is 430 g/mol. The number of hydrogen-bond acceptors (Lipinski definition) is 4. The molecule has 4 nitrogen and oxygen atoms in total. The number of aromatic nitrogens is 1. The molecule has 0 radical (unpaired) electrons. The smallest absolute Gasteiger partial charge is 0.416 e. The summed E-state index contributed by atoms with van der Waals surface area (Å²) in [6, 6.07) is 16.4. The molecular formula is C24H25F3N2O2. The van der Waals surface area contributed by atoms with E-state index in [2.05, 4.69) is 10.3 Å². The Morgan fingerprint density at radius 1 is 1.00 bits per heavy atom. The second kappa shape index (κ2) is 10.4. The van der Waals surface area contributed by atoms with Gasteiger partial charge in [-0.3, -0.25) is 4.98 Å². The molecule has 7 heteroatoms. The third-order valence-electron chi connectivity index (χ3n) is 4.88. The average Bonchev–Trinajstić information content (AvgIpc) is 2.77. The van der Waals surface area contributed by atoms with Crippen molar-refractivity contribution >= 4 is 0 Å². The van der Waals surface area contributed by atoms with Crippen molar-refractivity contribution in [3.8, 4) is 5.75 Å². The number of rotatable bonds is 9. The van der Waals surface area contributed by atoms with Gasteiger partial charge in [0.1, 0.15) is 12.4 Å². The van der Waals surface area contributed by atoms with Crippen molar-refractivity contribution in [2.45, 2.75) is 38.3 Å². The topological polar surface area (TPSA) is 54.4 Å². The van der Waals surface area contributed by atoms with Gasteiger partial charge < -0.3 is 15.2 Å². The summed E-state index contributed by atoms with van der Waals surface area (Å²) >= 11 is 0. The van der Waals surface area contributed by atoms with Crippen molar-refractivity contribution in [1.82, 2.24) is 10.3 Å². The van der Waals surface area contributed by atoms with E-state index < -0.39 is 17.8 Å². The molecule has 2 atom stereocenters. The highest BCUT2D eigenvalue weighted by Crippen LogP contribution is 2.30. The molecule has 1 aromatic heterocycles. The van der Waals surface area contributed by atoms with Gasteiger partial charge in [-0.15, -0.1) is 0 Å². The van der Waals surface area contributed by atoms with Gasteiger partial charge in [-0.2, -0.15) is 13.2 Å². The molecule has 0 amide bonds. The molecule has 0 saturated carbocycles. The zero-order valence-electron chi connectivity index (χ0n) is 17.1. The molecule has 0 saturated heterocycles. The zero-order valence-corrected chi connectivity index (χ0v) is 17.1. The molecule has 31 heavy (non-hydrogen) atoms. The number of pyridine rings is 1. The maximum atomic E-state index is 12.8. The molecule has 0 aliphatic heterocycles. The molecule has 0 fully saturated rings. The summed E-state index contributed by atoms with van der Waals surface area (Å²) in [5.41, 5.74) is 1.61. The summed E-state index contributed by atoms with van der Waals surface area (Å²) in [4.78, 5) is 3.97. The zero-order chi connectivity index (χ0) is 22.3. The van der Waals surface area contributed by atoms with Gasteiger partial charge in [0, 0.05) is 25.0 Å². The first-order valence-electron chi connectivity index (χ1n) is 10.0. The summed E-state index contributed by atoms with van der Waals surface area (Å²) in [6.45, 7) is 2.59. The van der Waals surface area contributed by atoms with Crippen LogP contribution in [0.5, 0.6) is 5.75 Å². The first-order chi connectivity index (χ1) is 14.8. The first kappa shape index (κ1) is 22.8. The Kier molecular flexibility index (Phi) is 7.65. The van der Waals surface area contributed by atoms with E-state index in [0.717, 1.165) is 29.0 Å². The summed E-state index contributed by atoms with van der Waals surface area (Å²) in [5.74, 6) is 0.765. The Labute approximate surface area is 179 Å². The predicted octanol–water partition coefficient (Wildman–Crippen LogP) is 4.93. The van der Waals surface area contributed by atoms with E-state index in [1.54, 1.807) is 12.4 Å². The number of hydrogen-bond donors (Lipinski definition) is 2. The molecule has 2 N–H and O–H groups in total. The Morgan fingerprint density at radius 3 is 2.39 bits per heavy atom. The molecule has 0 bridgehead atoms. The number of aliphatic hydroxyl groups is 1. The highest BCUT2D eigenvalue weighted by molar-refractivity contribution is 5.29. The molecular weight excluding hydrogens is 405 g/mol. The number of ether oxygens (including phenoxy) is 1. The minimum Gasteiger partial charge on any atom is -0.489 e. The van der Waals surface area contributed by atoms with E-state index in [0.29, 0.717) is 13.0 Å². The molecule has 1 heterocycles. The Bertz CT molecular complexity index is 947. The van der Waals surface area contributed by atoms with E-state index >= 15 is 0 Å². The molecule has 3 rings (SSSR count). The van der Waals surface area contributed by atoms with Crippen molar-refractivity contribution < 1.29 is 23.0 Å². The van der Waals surface area contributed by atoms with Crippen molar-refractivity contribution in [2.75, 3.05) is 6.54 Å². The Balaban J connectivity index is 1.46. The van der Waals surface area contributed by atoms with Crippen molar-refractivity contribution in [3.05, 3.63) is 95.3 Å². The summed E-state index contributed by atoms with van der Waals surface area (Å²) < 4.78 is 44.3. The lowest BCUT2D eigenvalue weighted by molar-refractivity contribution is -0.137. The minimum absolute atomic E-state index is 0.0315. The summed E-state index contributed by atoms with van der Waals surface area (Å²) in [7, 11) is 0. The van der Waals surface area contributed by atoms with Gasteiger partial charge in [-0.25, -0.2) is 0 Å². The quantitative estimate of drug-likeness (QED) is 0.505. The van der Waals surface area contributed by atoms with Crippen LogP contribution in [-0.2, 0) is 19.2 Å². The molecule has 164 valence electrons. The van der Waals surface area contributed by atoms with Gasteiger partial charge >= 0.3 is 6.18 Å². The van der Waals surface area contributed by atoms with Crippen LogP contribution in [0, 0.1) is 0 Å². The Hall–Kier alpha value is -2.90. The predicted molar refractivity (Wildman–Crippen MR) is 113 cm³/mol. The normalized spacial score (nSPS) is 13.6. The fraction of sp³-hybridized carbons (Fsp3) is 0.292. The maximum Gasteiger partial charge on any atom is 0.416 e. The lowest BCUT2D eigenvalue weighted by Crippen LogP contribution is -2.32. The number of alkyl halides is 3. The average molecular weight is 430 g/mol. The van der Waals surface area contributed by atoms with Crippen molar-refractivity contribution in [1.29, 1.82) is 0 Å². The van der Waals surface area contributed by atoms with Crippen LogP contribution in [0.4, 0.5) is 13.2 Å². The van der Waals surface area contributed by atoms with Crippen LogP contribution in [-0.4, -0.2) is 22.7 Å². The van der Waals surface area contributed by atoms with Crippen LogP contribution in [0.2, 0.25) is 0 Å². The van der Waals surface area contributed by atoms with Crippen LogP contribution in [0.15, 0.2) is 73.1 Å². The lowest BCUT2D eigenvalue weighted by Gasteiger charge is -2.18. The third-order valence-corrected chi connectivity index (χ3v) is 4.88. The Morgan fingerprint density at radius 2 is 1.71 bits per heavy atom. The number of nitrogens with zero attached hydrogens (tertiary/aromatic N) is 1. The second-order valence-corrected chi connectivity index (χ2v) is 7.44. The van der Waals surface area contributed by atoms with Gasteiger partial charge in [-0.1, -0.05) is 24.3 Å². The molecule has 2 unspecified atom stereocenters. The van der Waals surface area contributed by atoms with Gasteiger partial charge in [0.25, 0.3) is 0 Å². The fourth-order valence-electron chi connectivity index (χ4n) is 3.15. The number of halogens is 3. The van der Waals surface area contributed by atoms with E-state index in [4.69, 9.17) is 4.74 Å². The third kappa shape index (κ3) is 7.08. The molecule has 3 aromatic rings. The van der Waals surface area contributed by atoms with Crippen molar-refractivity contribution in [2.24, 2.45) is 0 Å². The number of nitrogens with one attached hydrogen (secondary N) is 1. The summed E-state index contributed by atoms with van der Waals surface area (Å²) in [5, 5.41) is 13.4. The van der Waals surface area contributed by atoms with Crippen LogP contribution < -0.4 is 10.1 Å². The first-order valence-corrected chi connectivity index (χ1v) is 10.0. The maximum absolute atomic E-state index is 12.8. The number of benzene rings is 2. The van der Waals surface area contributed by atoms with Gasteiger partial charge in [0.05, 0.1) is 11.7 Å². The van der Waals surface area contributed by atoms with E-state index in [-0.39, 0.29) is 18.2 Å². The highest BCUT2D eigenvalue weighted by Gasteiger charge is 2.30. The number of aliphatic hydroxyl groups excluding tert-OH is 1. The molecule has 0 spiro atoms. The van der Waals surface area contributed by atoms with Gasteiger partial charge in [0.15, 0.2) is 0 Å². The molecule has 0 aliphatic rings. The van der Waals surface area contributed by atoms with Crippen LogP contribution in [0.3, 0.4) is 0 Å². The molecule has 2 aromatic carbocycles. The van der Waals surface area contributed by atoms with E-state index in [9.17, 15) is 18.3 Å². The summed E-state index contributed by atoms with van der Waals surface area (Å²) in [6.07, 6.45) is -1.29. The van der Waals surface area contributed by atoms with Crippen LogP contribution in [0.25, 0.3) is 0 Å². The van der Waals surface area contributed by atoms with E-state index in [1.807, 2.05) is 43.3 Å². The fourth-order valence-corrected chi connectivity index (χ4v) is 3.15. The van der Waals surface area contributed by atoms with Crippen molar-refractivity contribution in [3.63, 3.8) is 0 Å². The van der Waals surface area contributed by atoms with Crippen LogP contribution in [0.1, 0.15) is 35.3 Å². The van der Waals surface area contributed by atoms with Gasteiger partial charge in [0.2, 0.25) is 0 Å². The van der Waals surface area contributed by atoms with E-state index in [1.165, 1.54) is 12.1 Å². The van der Waals surface area contributed by atoms with Gasteiger partial charge in [-0.05, 0) is 66.4 Å². The highest BCUT2D eigenvalue weighted by atomic mass is 19.4. The largest absolute Gasteiger partial charge is 0.489 e. The SMILES string of the molecule is CC(Cc1ccc(OCc2ccncc2)cc1)NCC(O)c1cccc(C(F)(F)F)c1. The standard InChI is InChI=1S/C24H25F3N2O2/c1-17(29-15-23(30)20-3-2-4-21(14-20)24(25,26)27)13-18-5-7-22(8-6-18)31-16-19-9-11-28-12-10-19/h2-12,14,17,23,29-30H,13,15-16H2,1H3. The molecule has 0 aliphatic carbocycles. The minimum atomic E-state index is -4.43. The lowest BCUT2D eigenvalue weighted by atomic mass is 10.0.